The minimum Gasteiger partial charge on any atom is -0.477 e. The molecule has 0 aliphatic rings. The lowest BCUT2D eigenvalue weighted by Gasteiger charge is -2.04. The Bertz CT molecular complexity index is 657. The molecule has 21 heavy (non-hydrogen) atoms. The largest absolute Gasteiger partial charge is 0.477 e. The summed E-state index contributed by atoms with van der Waals surface area (Å²) < 4.78 is 0. The maximum Gasteiger partial charge on any atom is 0.345 e. The zero-order valence-corrected chi connectivity index (χ0v) is 13.2. The van der Waals surface area contributed by atoms with E-state index >= 15 is 0 Å². The van der Waals surface area contributed by atoms with E-state index in [0.717, 1.165) is 16.2 Å². The Kier molecular flexibility index (Phi) is 5.67. The molecule has 0 aliphatic heterocycles. The fraction of sp³-hybridized carbons (Fsp3) is 0.143. The summed E-state index contributed by atoms with van der Waals surface area (Å²) in [4.78, 5) is 23.7. The monoisotopic (exact) mass is 341 g/mol. The van der Waals surface area contributed by atoms with Crippen LogP contribution >= 0.6 is 34.7 Å². The van der Waals surface area contributed by atoms with E-state index < -0.39 is 5.97 Å². The molecule has 0 saturated carbocycles. The van der Waals surface area contributed by atoms with E-state index in [9.17, 15) is 9.59 Å². The number of carboxylic acids is 1. The average Bonchev–Trinajstić information content (AvgIpc) is 2.89. The summed E-state index contributed by atoms with van der Waals surface area (Å²) in [6.45, 7) is 0. The van der Waals surface area contributed by atoms with Crippen molar-refractivity contribution in [3.05, 3.63) is 46.3 Å². The van der Waals surface area contributed by atoms with E-state index in [4.69, 9.17) is 16.7 Å². The Morgan fingerprint density at radius 3 is 2.67 bits per heavy atom. The molecule has 1 aromatic carbocycles. The van der Waals surface area contributed by atoms with Crippen molar-refractivity contribution in [1.29, 1.82) is 0 Å². The number of carbonyl (C=O) groups is 2. The standard InChI is InChI=1S/C14H12ClNO3S2/c15-9-3-1-2-4-10(9)20-8-7-12(17)16-13-6-5-11(21-13)14(18)19/h1-6H,7-8H2,(H,16,17)(H,18,19). The predicted octanol–water partition coefficient (Wildman–Crippen LogP) is 4.22. The third-order valence-corrected chi connectivity index (χ3v) is 5.01. The van der Waals surface area contributed by atoms with Gasteiger partial charge in [0.05, 0.1) is 10.0 Å². The molecule has 0 atom stereocenters. The topological polar surface area (TPSA) is 66.4 Å². The van der Waals surface area contributed by atoms with Gasteiger partial charge in [0, 0.05) is 17.1 Å². The van der Waals surface area contributed by atoms with Gasteiger partial charge in [0.25, 0.3) is 0 Å². The lowest BCUT2D eigenvalue weighted by atomic mass is 10.4. The van der Waals surface area contributed by atoms with Crippen molar-refractivity contribution in [3.8, 4) is 0 Å². The number of nitrogens with one attached hydrogen (secondary N) is 1. The van der Waals surface area contributed by atoms with Gasteiger partial charge in [-0.1, -0.05) is 23.7 Å². The van der Waals surface area contributed by atoms with Gasteiger partial charge in [0.15, 0.2) is 0 Å². The average molecular weight is 342 g/mol. The molecule has 7 heteroatoms. The number of amides is 1. The quantitative estimate of drug-likeness (QED) is 0.772. The van der Waals surface area contributed by atoms with Gasteiger partial charge in [-0.2, -0.15) is 0 Å². The molecule has 1 aromatic heterocycles. The molecular weight excluding hydrogens is 330 g/mol. The molecule has 0 spiro atoms. The van der Waals surface area contributed by atoms with Crippen LogP contribution < -0.4 is 5.32 Å². The van der Waals surface area contributed by atoms with E-state index in [-0.39, 0.29) is 10.8 Å². The molecule has 0 unspecified atom stereocenters. The van der Waals surface area contributed by atoms with Gasteiger partial charge < -0.3 is 10.4 Å². The number of thiophene rings is 1. The number of benzene rings is 1. The number of aromatic carboxylic acids is 1. The molecule has 2 rings (SSSR count). The van der Waals surface area contributed by atoms with Crippen LogP contribution in [0, 0.1) is 0 Å². The fourth-order valence-corrected chi connectivity index (χ4v) is 3.48. The lowest BCUT2D eigenvalue weighted by Crippen LogP contribution is -2.11. The van der Waals surface area contributed by atoms with Crippen molar-refractivity contribution in [2.45, 2.75) is 11.3 Å². The predicted molar refractivity (Wildman–Crippen MR) is 86.7 cm³/mol. The number of anilines is 1. The SMILES string of the molecule is O=C(CCSc1ccccc1Cl)Nc1ccc(C(=O)O)s1. The Morgan fingerprint density at radius 1 is 1.24 bits per heavy atom. The van der Waals surface area contributed by atoms with Crippen molar-refractivity contribution in [1.82, 2.24) is 0 Å². The highest BCUT2D eigenvalue weighted by molar-refractivity contribution is 7.99. The molecule has 0 radical (unpaired) electrons. The molecule has 2 N–H and O–H groups in total. The minimum absolute atomic E-state index is 0.145. The van der Waals surface area contributed by atoms with Gasteiger partial charge in [-0.15, -0.1) is 23.1 Å². The Morgan fingerprint density at radius 2 is 2.00 bits per heavy atom. The Labute approximate surface area is 135 Å². The smallest absolute Gasteiger partial charge is 0.345 e. The van der Waals surface area contributed by atoms with Crippen molar-refractivity contribution in [2.75, 3.05) is 11.1 Å². The van der Waals surface area contributed by atoms with Gasteiger partial charge in [-0.25, -0.2) is 4.79 Å². The van der Waals surface area contributed by atoms with Gasteiger partial charge in [-0.05, 0) is 24.3 Å². The molecule has 110 valence electrons. The molecule has 4 nitrogen and oxygen atoms in total. The summed E-state index contributed by atoms with van der Waals surface area (Å²) >= 11 is 8.58. The Balaban J connectivity index is 1.79. The van der Waals surface area contributed by atoms with Crippen molar-refractivity contribution >= 4 is 51.6 Å². The maximum absolute atomic E-state index is 11.8. The van der Waals surface area contributed by atoms with Crippen LogP contribution in [0.15, 0.2) is 41.3 Å². The van der Waals surface area contributed by atoms with E-state index in [1.807, 2.05) is 24.3 Å². The Hall–Kier alpha value is -1.50. The normalized spacial score (nSPS) is 10.3. The second kappa shape index (κ2) is 7.49. The highest BCUT2D eigenvalue weighted by Crippen LogP contribution is 2.27. The third-order valence-electron chi connectivity index (χ3n) is 2.50. The van der Waals surface area contributed by atoms with Crippen LogP contribution in [0.1, 0.15) is 16.1 Å². The van der Waals surface area contributed by atoms with Gasteiger partial charge >= 0.3 is 5.97 Å². The third kappa shape index (κ3) is 4.77. The van der Waals surface area contributed by atoms with Crippen molar-refractivity contribution in [2.24, 2.45) is 0 Å². The number of carboxylic acid groups (broad SMARTS) is 1. The molecule has 0 aliphatic carbocycles. The van der Waals surface area contributed by atoms with Crippen molar-refractivity contribution in [3.63, 3.8) is 0 Å². The van der Waals surface area contributed by atoms with E-state index in [1.165, 1.54) is 17.8 Å². The molecule has 2 aromatic rings. The van der Waals surface area contributed by atoms with Crippen molar-refractivity contribution < 1.29 is 14.7 Å². The summed E-state index contributed by atoms with van der Waals surface area (Å²) in [6, 6.07) is 10.5. The molecule has 0 bridgehead atoms. The van der Waals surface area contributed by atoms with E-state index in [1.54, 1.807) is 6.07 Å². The summed E-state index contributed by atoms with van der Waals surface area (Å²) in [6.07, 6.45) is 0.330. The second-order valence-corrected chi connectivity index (χ2v) is 6.67. The molecule has 1 heterocycles. The van der Waals surface area contributed by atoms with Gasteiger partial charge in [-0.3, -0.25) is 4.79 Å². The zero-order chi connectivity index (χ0) is 15.2. The van der Waals surface area contributed by atoms with Crippen LogP contribution in [-0.4, -0.2) is 22.7 Å². The van der Waals surface area contributed by atoms with E-state index in [2.05, 4.69) is 5.32 Å². The van der Waals surface area contributed by atoms with Crippen LogP contribution in [0.2, 0.25) is 5.02 Å². The number of hydrogen-bond donors (Lipinski definition) is 2. The van der Waals surface area contributed by atoms with Crippen LogP contribution in [0.4, 0.5) is 5.00 Å². The number of halogens is 1. The first-order chi connectivity index (χ1) is 10.1. The zero-order valence-electron chi connectivity index (χ0n) is 10.8. The highest BCUT2D eigenvalue weighted by Gasteiger charge is 2.09. The van der Waals surface area contributed by atoms with Crippen LogP contribution in [0.5, 0.6) is 0 Å². The maximum atomic E-state index is 11.8. The minimum atomic E-state index is -0.991. The first-order valence-corrected chi connectivity index (χ1v) is 8.24. The molecule has 0 saturated heterocycles. The summed E-state index contributed by atoms with van der Waals surface area (Å²) in [7, 11) is 0. The van der Waals surface area contributed by atoms with Crippen LogP contribution in [-0.2, 0) is 4.79 Å². The lowest BCUT2D eigenvalue weighted by molar-refractivity contribution is -0.115. The molecule has 0 fully saturated rings. The fourth-order valence-electron chi connectivity index (χ4n) is 1.54. The summed E-state index contributed by atoms with van der Waals surface area (Å²) in [5, 5.41) is 12.7. The number of rotatable bonds is 6. The number of thioether (sulfide) groups is 1. The van der Waals surface area contributed by atoms with Crippen LogP contribution in [0.3, 0.4) is 0 Å². The second-order valence-electron chi connectivity index (χ2n) is 4.05. The first-order valence-electron chi connectivity index (χ1n) is 6.06. The molecule has 1 amide bonds. The van der Waals surface area contributed by atoms with Gasteiger partial charge in [0.2, 0.25) is 5.91 Å². The highest BCUT2D eigenvalue weighted by atomic mass is 35.5. The number of carbonyl (C=O) groups excluding carboxylic acids is 1. The van der Waals surface area contributed by atoms with E-state index in [0.29, 0.717) is 22.2 Å². The number of hydrogen-bond acceptors (Lipinski definition) is 4. The summed E-state index contributed by atoms with van der Waals surface area (Å²) in [5.41, 5.74) is 0. The summed E-state index contributed by atoms with van der Waals surface area (Å²) in [5.74, 6) is -0.532. The first kappa shape index (κ1) is 15.9. The van der Waals surface area contributed by atoms with Gasteiger partial charge in [0.1, 0.15) is 4.88 Å². The van der Waals surface area contributed by atoms with Crippen LogP contribution in [0.25, 0.3) is 0 Å². The molecular formula is C14H12ClNO3S2.